The normalized spacial score (nSPS) is 17.3. The average Bonchev–Trinajstić information content (AvgIpc) is 2.59. The first-order valence-electron chi connectivity index (χ1n) is 9.58. The van der Waals surface area contributed by atoms with E-state index in [9.17, 15) is 0 Å². The highest BCUT2D eigenvalue weighted by atomic mass is 16.5. The molecule has 0 saturated carbocycles. The van der Waals surface area contributed by atoms with Gasteiger partial charge < -0.3 is 9.47 Å². The van der Waals surface area contributed by atoms with Gasteiger partial charge in [-0.25, -0.2) is 0 Å². The number of likely N-dealkylation sites (tertiary alicyclic amines) is 1. The van der Waals surface area contributed by atoms with Gasteiger partial charge in [0, 0.05) is 26.7 Å². The highest BCUT2D eigenvalue weighted by Crippen LogP contribution is 2.20. The topological polar surface area (TPSA) is 24.9 Å². The van der Waals surface area contributed by atoms with E-state index in [4.69, 9.17) is 9.47 Å². The van der Waals surface area contributed by atoms with E-state index in [0.717, 1.165) is 32.2 Å². The van der Waals surface area contributed by atoms with Crippen LogP contribution in [0.2, 0.25) is 0 Å². The largest absolute Gasteiger partial charge is 0.383 e. The van der Waals surface area contributed by atoms with Gasteiger partial charge in [0.2, 0.25) is 0 Å². The number of methoxy groups -OCH3 is 1. The Morgan fingerprint density at radius 1 is 1.12 bits per heavy atom. The summed E-state index contributed by atoms with van der Waals surface area (Å²) in [6.45, 7) is 13.3. The second-order valence-electron chi connectivity index (χ2n) is 8.16. The van der Waals surface area contributed by atoms with Crippen LogP contribution >= 0.6 is 0 Å². The molecule has 0 unspecified atom stereocenters. The van der Waals surface area contributed by atoms with E-state index in [-0.39, 0.29) is 5.60 Å². The molecule has 1 aromatic rings. The molecule has 0 bridgehead atoms. The monoisotopic (exact) mass is 348 g/mol. The Labute approximate surface area is 154 Å². The highest BCUT2D eigenvalue weighted by Gasteiger charge is 2.22. The van der Waals surface area contributed by atoms with Crippen molar-refractivity contribution in [2.24, 2.45) is 5.92 Å². The van der Waals surface area contributed by atoms with Crippen molar-refractivity contribution in [3.63, 3.8) is 0 Å². The Kier molecular flexibility index (Phi) is 8.37. The van der Waals surface area contributed by atoms with Gasteiger partial charge in [-0.3, -0.25) is 9.80 Å². The summed E-state index contributed by atoms with van der Waals surface area (Å²) in [6.07, 6.45) is 2.54. The van der Waals surface area contributed by atoms with Crippen LogP contribution in [0.1, 0.15) is 39.2 Å². The van der Waals surface area contributed by atoms with Gasteiger partial charge in [0.25, 0.3) is 0 Å². The van der Waals surface area contributed by atoms with Crippen LogP contribution in [0.15, 0.2) is 30.3 Å². The van der Waals surface area contributed by atoms with Crippen molar-refractivity contribution in [1.82, 2.24) is 9.80 Å². The highest BCUT2D eigenvalue weighted by molar-refractivity contribution is 5.14. The van der Waals surface area contributed by atoms with E-state index in [0.29, 0.717) is 6.73 Å². The van der Waals surface area contributed by atoms with Crippen molar-refractivity contribution >= 4 is 0 Å². The summed E-state index contributed by atoms with van der Waals surface area (Å²) in [7, 11) is 1.77. The summed E-state index contributed by atoms with van der Waals surface area (Å²) in [5.74, 6) is 0.757. The van der Waals surface area contributed by atoms with Crippen LogP contribution in [0.3, 0.4) is 0 Å². The second kappa shape index (κ2) is 10.3. The van der Waals surface area contributed by atoms with E-state index >= 15 is 0 Å². The molecule has 0 radical (unpaired) electrons. The molecule has 0 atom stereocenters. The van der Waals surface area contributed by atoms with E-state index in [1.54, 1.807) is 7.11 Å². The first-order valence-corrected chi connectivity index (χ1v) is 9.58. The maximum absolute atomic E-state index is 5.99. The summed E-state index contributed by atoms with van der Waals surface area (Å²) < 4.78 is 11.3. The average molecular weight is 349 g/mol. The van der Waals surface area contributed by atoms with Crippen LogP contribution in [0.25, 0.3) is 0 Å². The summed E-state index contributed by atoms with van der Waals surface area (Å²) in [4.78, 5) is 4.99. The summed E-state index contributed by atoms with van der Waals surface area (Å²) in [5, 5.41) is 0. The van der Waals surface area contributed by atoms with Crippen molar-refractivity contribution in [1.29, 1.82) is 0 Å². The Morgan fingerprint density at radius 2 is 1.80 bits per heavy atom. The zero-order valence-electron chi connectivity index (χ0n) is 16.5. The molecule has 1 aliphatic heterocycles. The molecule has 1 fully saturated rings. The fourth-order valence-corrected chi connectivity index (χ4v) is 3.25. The van der Waals surface area contributed by atoms with Crippen molar-refractivity contribution in [2.45, 2.75) is 45.8 Å². The first kappa shape index (κ1) is 20.4. The minimum atomic E-state index is -0.0929. The second-order valence-corrected chi connectivity index (χ2v) is 8.16. The molecule has 0 spiro atoms. The van der Waals surface area contributed by atoms with Crippen molar-refractivity contribution in [3.8, 4) is 0 Å². The van der Waals surface area contributed by atoms with E-state index in [2.05, 4.69) is 60.9 Å². The minimum absolute atomic E-state index is 0.0929. The van der Waals surface area contributed by atoms with Crippen molar-refractivity contribution < 1.29 is 9.47 Å². The number of hydrogen-bond donors (Lipinski definition) is 0. The molecular formula is C21H36N2O2. The van der Waals surface area contributed by atoms with Crippen LogP contribution in [0, 0.1) is 5.92 Å². The third-order valence-corrected chi connectivity index (χ3v) is 4.76. The Morgan fingerprint density at radius 3 is 2.40 bits per heavy atom. The standard InChI is InChI=1S/C21H36N2O2/c1-21(2,3)25-18-23(14-15-24-4)17-20-10-12-22(13-11-20)16-19-8-6-5-7-9-19/h5-9,20H,10-18H2,1-4H3. The summed E-state index contributed by atoms with van der Waals surface area (Å²) in [5.41, 5.74) is 1.32. The fraction of sp³-hybridized carbons (Fsp3) is 0.714. The predicted octanol–water partition coefficient (Wildman–Crippen LogP) is 3.62. The molecule has 0 aliphatic carbocycles. The van der Waals surface area contributed by atoms with Gasteiger partial charge in [-0.1, -0.05) is 30.3 Å². The molecule has 142 valence electrons. The van der Waals surface area contributed by atoms with Gasteiger partial charge in [0.15, 0.2) is 0 Å². The van der Waals surface area contributed by atoms with Crippen LogP contribution in [0.5, 0.6) is 0 Å². The van der Waals surface area contributed by atoms with Gasteiger partial charge in [0.05, 0.1) is 18.9 Å². The number of piperidine rings is 1. The predicted molar refractivity (Wildman–Crippen MR) is 104 cm³/mol. The molecule has 1 saturated heterocycles. The Hall–Kier alpha value is -0.940. The minimum Gasteiger partial charge on any atom is -0.383 e. The molecule has 2 rings (SSSR count). The molecule has 1 aliphatic rings. The summed E-state index contributed by atoms with van der Waals surface area (Å²) in [6, 6.07) is 10.8. The van der Waals surface area contributed by atoms with E-state index in [1.165, 1.54) is 31.5 Å². The third kappa shape index (κ3) is 8.32. The Balaban J connectivity index is 1.75. The van der Waals surface area contributed by atoms with E-state index < -0.39 is 0 Å². The number of hydrogen-bond acceptors (Lipinski definition) is 4. The lowest BCUT2D eigenvalue weighted by Gasteiger charge is -2.35. The lowest BCUT2D eigenvalue weighted by molar-refractivity contribution is -0.0732. The van der Waals surface area contributed by atoms with Crippen molar-refractivity contribution in [2.75, 3.05) is 46.6 Å². The van der Waals surface area contributed by atoms with Gasteiger partial charge >= 0.3 is 0 Å². The molecule has 1 heterocycles. The fourth-order valence-electron chi connectivity index (χ4n) is 3.25. The molecule has 0 N–H and O–H groups in total. The summed E-state index contributed by atoms with van der Waals surface area (Å²) >= 11 is 0. The smallest absolute Gasteiger partial charge is 0.0998 e. The number of ether oxygens (including phenoxy) is 2. The third-order valence-electron chi connectivity index (χ3n) is 4.76. The SMILES string of the molecule is COCCN(COC(C)(C)C)CC1CCN(Cc2ccccc2)CC1. The molecule has 25 heavy (non-hydrogen) atoms. The molecular weight excluding hydrogens is 312 g/mol. The van der Waals surface area contributed by atoms with Crippen LogP contribution in [0.4, 0.5) is 0 Å². The quantitative estimate of drug-likeness (QED) is 0.636. The van der Waals surface area contributed by atoms with Gasteiger partial charge in [-0.05, 0) is 58.2 Å². The number of nitrogens with zero attached hydrogens (tertiary/aromatic N) is 2. The lowest BCUT2D eigenvalue weighted by Crippen LogP contribution is -2.41. The van der Waals surface area contributed by atoms with Crippen LogP contribution in [-0.2, 0) is 16.0 Å². The van der Waals surface area contributed by atoms with E-state index in [1.807, 2.05) is 0 Å². The molecule has 1 aromatic carbocycles. The van der Waals surface area contributed by atoms with Gasteiger partial charge in [-0.15, -0.1) is 0 Å². The number of rotatable bonds is 9. The lowest BCUT2D eigenvalue weighted by atomic mass is 9.96. The van der Waals surface area contributed by atoms with Gasteiger partial charge in [0.1, 0.15) is 0 Å². The molecule has 4 heteroatoms. The van der Waals surface area contributed by atoms with Crippen LogP contribution < -0.4 is 0 Å². The zero-order valence-corrected chi connectivity index (χ0v) is 16.5. The first-order chi connectivity index (χ1) is 12.0. The number of benzene rings is 1. The van der Waals surface area contributed by atoms with Gasteiger partial charge in [-0.2, -0.15) is 0 Å². The Bertz CT molecular complexity index is 465. The molecule has 0 aromatic heterocycles. The zero-order chi connectivity index (χ0) is 18.1. The molecule has 4 nitrogen and oxygen atoms in total. The van der Waals surface area contributed by atoms with Crippen LogP contribution in [-0.4, -0.2) is 62.0 Å². The maximum atomic E-state index is 5.99. The van der Waals surface area contributed by atoms with Crippen molar-refractivity contribution in [3.05, 3.63) is 35.9 Å². The maximum Gasteiger partial charge on any atom is 0.0998 e. The molecule has 0 amide bonds.